The topological polar surface area (TPSA) is 73.6 Å². The fourth-order valence-corrected chi connectivity index (χ4v) is 2.58. The van der Waals surface area contributed by atoms with Crippen molar-refractivity contribution in [2.24, 2.45) is 5.73 Å². The predicted octanol–water partition coefficient (Wildman–Crippen LogP) is 3.00. The second-order valence-electron chi connectivity index (χ2n) is 5.22. The Morgan fingerprint density at radius 1 is 1.45 bits per heavy atom. The van der Waals surface area contributed by atoms with Crippen molar-refractivity contribution in [3.8, 4) is 5.75 Å². The van der Waals surface area contributed by atoms with E-state index in [1.165, 1.54) is 20.0 Å². The van der Waals surface area contributed by atoms with Crippen LogP contribution < -0.4 is 15.8 Å². The van der Waals surface area contributed by atoms with Crippen LogP contribution in [0.1, 0.15) is 25.7 Å². The fraction of sp³-hybridized carbons (Fsp3) is 0.533. The quantitative estimate of drug-likeness (QED) is 0.828. The number of hydrogen-bond donors (Lipinski definition) is 2. The van der Waals surface area contributed by atoms with Crippen LogP contribution in [-0.2, 0) is 9.53 Å². The lowest BCUT2D eigenvalue weighted by Gasteiger charge is -2.16. The van der Waals surface area contributed by atoms with Crippen molar-refractivity contribution in [2.45, 2.75) is 37.8 Å². The van der Waals surface area contributed by atoms with Crippen LogP contribution in [-0.4, -0.2) is 31.8 Å². The van der Waals surface area contributed by atoms with Crippen molar-refractivity contribution >= 4 is 35.6 Å². The summed E-state index contributed by atoms with van der Waals surface area (Å²) in [6, 6.07) is 4.50. The van der Waals surface area contributed by atoms with E-state index in [4.69, 9.17) is 26.8 Å². The van der Waals surface area contributed by atoms with Gasteiger partial charge >= 0.3 is 0 Å². The van der Waals surface area contributed by atoms with Gasteiger partial charge in [0, 0.05) is 12.8 Å². The van der Waals surface area contributed by atoms with Gasteiger partial charge in [0.25, 0.3) is 0 Å². The number of benzene rings is 1. The van der Waals surface area contributed by atoms with Crippen LogP contribution in [0, 0.1) is 0 Å². The summed E-state index contributed by atoms with van der Waals surface area (Å²) in [5.41, 5.74) is 6.25. The molecular formula is C15H22Cl2N2O3. The van der Waals surface area contributed by atoms with Crippen LogP contribution >= 0.6 is 24.0 Å². The molecule has 2 rings (SSSR count). The van der Waals surface area contributed by atoms with Gasteiger partial charge in [0.05, 0.1) is 17.7 Å². The molecule has 0 bridgehead atoms. The maximum atomic E-state index is 11.8. The summed E-state index contributed by atoms with van der Waals surface area (Å²) in [5, 5.41) is 3.19. The molecule has 1 unspecified atom stereocenters. The van der Waals surface area contributed by atoms with Crippen LogP contribution in [0.3, 0.4) is 0 Å². The number of anilines is 1. The number of amides is 1. The Morgan fingerprint density at radius 3 is 2.73 bits per heavy atom. The van der Waals surface area contributed by atoms with Crippen molar-refractivity contribution in [2.75, 3.05) is 19.0 Å². The SMILES string of the molecule is COCC(N)C(=O)Nc1ccc(OC2CCCC2)c(Cl)c1.Cl. The molecule has 124 valence electrons. The van der Waals surface area contributed by atoms with E-state index >= 15 is 0 Å². The Kier molecular flexibility index (Phi) is 7.96. The minimum absolute atomic E-state index is 0. The molecule has 0 saturated heterocycles. The third kappa shape index (κ3) is 5.32. The predicted molar refractivity (Wildman–Crippen MR) is 90.1 cm³/mol. The average Bonchev–Trinajstić information content (AvgIpc) is 2.95. The first-order valence-corrected chi connectivity index (χ1v) is 7.49. The molecule has 1 atom stereocenters. The maximum absolute atomic E-state index is 11.8. The molecular weight excluding hydrogens is 327 g/mol. The first-order valence-electron chi connectivity index (χ1n) is 7.11. The monoisotopic (exact) mass is 348 g/mol. The highest BCUT2D eigenvalue weighted by Crippen LogP contribution is 2.31. The van der Waals surface area contributed by atoms with Gasteiger partial charge in [-0.1, -0.05) is 11.6 Å². The van der Waals surface area contributed by atoms with E-state index in [-0.39, 0.29) is 31.0 Å². The number of methoxy groups -OCH3 is 1. The molecule has 0 aromatic heterocycles. The summed E-state index contributed by atoms with van der Waals surface area (Å²) in [6.07, 6.45) is 4.79. The van der Waals surface area contributed by atoms with Gasteiger partial charge in [-0.15, -0.1) is 12.4 Å². The average molecular weight is 349 g/mol. The second-order valence-corrected chi connectivity index (χ2v) is 5.63. The van der Waals surface area contributed by atoms with Crippen molar-refractivity contribution in [1.82, 2.24) is 0 Å². The maximum Gasteiger partial charge on any atom is 0.243 e. The number of ether oxygens (including phenoxy) is 2. The zero-order valence-corrected chi connectivity index (χ0v) is 14.1. The van der Waals surface area contributed by atoms with Crippen molar-refractivity contribution in [3.05, 3.63) is 23.2 Å². The largest absolute Gasteiger partial charge is 0.489 e. The molecule has 0 aliphatic heterocycles. The molecule has 1 aromatic rings. The van der Waals surface area contributed by atoms with E-state index in [2.05, 4.69) is 5.32 Å². The third-order valence-electron chi connectivity index (χ3n) is 3.48. The van der Waals surface area contributed by atoms with Crippen LogP contribution in [0.4, 0.5) is 5.69 Å². The Bertz CT molecular complexity index is 494. The highest BCUT2D eigenvalue weighted by molar-refractivity contribution is 6.32. The number of hydrogen-bond acceptors (Lipinski definition) is 4. The molecule has 5 nitrogen and oxygen atoms in total. The fourth-order valence-electron chi connectivity index (χ4n) is 2.35. The van der Waals surface area contributed by atoms with Gasteiger partial charge in [-0.05, 0) is 43.9 Å². The molecule has 0 spiro atoms. The Labute approximate surface area is 141 Å². The van der Waals surface area contributed by atoms with E-state index in [0.29, 0.717) is 16.5 Å². The van der Waals surface area contributed by atoms with Crippen LogP contribution in [0.25, 0.3) is 0 Å². The molecule has 0 heterocycles. The minimum Gasteiger partial charge on any atom is -0.489 e. The number of nitrogens with two attached hydrogens (primary N) is 1. The molecule has 22 heavy (non-hydrogen) atoms. The molecule has 1 fully saturated rings. The van der Waals surface area contributed by atoms with E-state index in [1.807, 2.05) is 0 Å². The number of carbonyl (C=O) groups is 1. The Morgan fingerprint density at radius 2 is 2.14 bits per heavy atom. The third-order valence-corrected chi connectivity index (χ3v) is 3.77. The summed E-state index contributed by atoms with van der Waals surface area (Å²) < 4.78 is 10.7. The van der Waals surface area contributed by atoms with Gasteiger partial charge in [-0.3, -0.25) is 4.79 Å². The van der Waals surface area contributed by atoms with Gasteiger partial charge in [-0.25, -0.2) is 0 Å². The normalized spacial score (nSPS) is 16.0. The number of nitrogens with one attached hydrogen (secondary N) is 1. The lowest BCUT2D eigenvalue weighted by molar-refractivity contribution is -0.118. The second kappa shape index (κ2) is 9.20. The van der Waals surface area contributed by atoms with E-state index in [9.17, 15) is 4.79 Å². The molecule has 1 aliphatic rings. The first-order chi connectivity index (χ1) is 10.1. The van der Waals surface area contributed by atoms with Crippen LogP contribution in [0.5, 0.6) is 5.75 Å². The lowest BCUT2D eigenvalue weighted by atomic mass is 10.2. The highest BCUT2D eigenvalue weighted by atomic mass is 35.5. The Balaban J connectivity index is 0.00000242. The summed E-state index contributed by atoms with van der Waals surface area (Å²) >= 11 is 6.20. The van der Waals surface area contributed by atoms with Gasteiger partial charge in [0.15, 0.2) is 0 Å². The highest BCUT2D eigenvalue weighted by Gasteiger charge is 2.18. The number of carbonyl (C=O) groups excluding carboxylic acids is 1. The van der Waals surface area contributed by atoms with Crippen LogP contribution in [0.2, 0.25) is 5.02 Å². The zero-order valence-electron chi connectivity index (χ0n) is 12.5. The van der Waals surface area contributed by atoms with Gasteiger partial charge in [0.1, 0.15) is 11.8 Å². The van der Waals surface area contributed by atoms with E-state index < -0.39 is 6.04 Å². The molecule has 3 N–H and O–H groups in total. The van der Waals surface area contributed by atoms with Crippen LogP contribution in [0.15, 0.2) is 18.2 Å². The summed E-state index contributed by atoms with van der Waals surface area (Å²) in [7, 11) is 1.50. The molecule has 1 aliphatic carbocycles. The smallest absolute Gasteiger partial charge is 0.243 e. The standard InChI is InChI=1S/C15H21ClN2O3.ClH/c1-20-9-13(17)15(19)18-10-6-7-14(12(16)8-10)21-11-4-2-3-5-11;/h6-8,11,13H,2-5,9,17H2,1H3,(H,18,19);1H. The molecule has 0 radical (unpaired) electrons. The van der Waals surface area contributed by atoms with Gasteiger partial charge in [0.2, 0.25) is 5.91 Å². The van der Waals surface area contributed by atoms with E-state index in [1.54, 1.807) is 18.2 Å². The lowest BCUT2D eigenvalue weighted by Crippen LogP contribution is -2.39. The van der Waals surface area contributed by atoms with E-state index in [0.717, 1.165) is 12.8 Å². The van der Waals surface area contributed by atoms with Gasteiger partial charge in [-0.2, -0.15) is 0 Å². The molecule has 1 aromatic carbocycles. The van der Waals surface area contributed by atoms with Crippen molar-refractivity contribution in [1.29, 1.82) is 0 Å². The van der Waals surface area contributed by atoms with Crippen molar-refractivity contribution < 1.29 is 14.3 Å². The summed E-state index contributed by atoms with van der Waals surface area (Å²) in [5.74, 6) is 0.347. The first kappa shape index (κ1) is 19.0. The van der Waals surface area contributed by atoms with Gasteiger partial charge < -0.3 is 20.5 Å². The zero-order chi connectivity index (χ0) is 15.2. The summed E-state index contributed by atoms with van der Waals surface area (Å²) in [4.78, 5) is 11.8. The Hall–Kier alpha value is -1.01. The number of halogens is 2. The molecule has 1 saturated carbocycles. The molecule has 1 amide bonds. The summed E-state index contributed by atoms with van der Waals surface area (Å²) in [6.45, 7) is 0.169. The van der Waals surface area contributed by atoms with Crippen molar-refractivity contribution in [3.63, 3.8) is 0 Å². The molecule has 7 heteroatoms. The number of rotatable bonds is 6. The minimum atomic E-state index is -0.705.